The first-order valence-corrected chi connectivity index (χ1v) is 1.90. The maximum Gasteiger partial charge on any atom is 0.0767 e. The fourth-order valence-corrected chi connectivity index (χ4v) is 0.204. The van der Waals surface area contributed by atoms with Crippen LogP contribution in [0.3, 0.4) is 0 Å². The predicted octanol–water partition coefficient (Wildman–Crippen LogP) is 0.827. The molecule has 0 unspecified atom stereocenters. The van der Waals surface area contributed by atoms with Gasteiger partial charge in [0, 0.05) is 0 Å². The Morgan fingerprint density at radius 3 is 2.25 bits per heavy atom. The van der Waals surface area contributed by atoms with Gasteiger partial charge in [0.2, 0.25) is 0 Å². The Hall–Kier alpha value is 0.310. The SMILES string of the molecule is [CH]1COS1. The van der Waals surface area contributed by atoms with E-state index in [1.807, 2.05) is 5.75 Å². The van der Waals surface area contributed by atoms with Crippen LogP contribution in [0, 0.1) is 5.75 Å². The molecule has 4 heavy (non-hydrogen) atoms. The normalized spacial score (nSPS) is 24.0. The average molecular weight is 75.1 g/mol. The van der Waals surface area contributed by atoms with Crippen LogP contribution in [0.25, 0.3) is 0 Å². The molecule has 0 atom stereocenters. The van der Waals surface area contributed by atoms with Gasteiger partial charge in [0.25, 0.3) is 0 Å². The summed E-state index contributed by atoms with van der Waals surface area (Å²) in [5, 5.41) is 0. The predicted molar refractivity (Wildman–Crippen MR) is 17.8 cm³/mol. The van der Waals surface area contributed by atoms with Gasteiger partial charge in [0.15, 0.2) is 0 Å². The summed E-state index contributed by atoms with van der Waals surface area (Å²) in [7, 11) is 0. The molecule has 1 aliphatic rings. The molecule has 0 aliphatic carbocycles. The van der Waals surface area contributed by atoms with Gasteiger partial charge in [-0.15, -0.1) is 0 Å². The molecule has 1 saturated heterocycles. The topological polar surface area (TPSA) is 9.23 Å². The summed E-state index contributed by atoms with van der Waals surface area (Å²) in [6, 6.07) is 0. The van der Waals surface area contributed by atoms with Crippen molar-refractivity contribution in [3.63, 3.8) is 0 Å². The molecule has 23 valence electrons. The second-order valence-electron chi connectivity index (χ2n) is 0.547. The van der Waals surface area contributed by atoms with E-state index in [1.54, 1.807) is 0 Å². The maximum atomic E-state index is 4.58. The summed E-state index contributed by atoms with van der Waals surface area (Å²) < 4.78 is 4.58. The van der Waals surface area contributed by atoms with Gasteiger partial charge in [0.05, 0.1) is 12.4 Å². The molecule has 0 N–H and O–H groups in total. The van der Waals surface area contributed by atoms with Gasteiger partial charge in [-0.25, -0.2) is 0 Å². The molecule has 0 saturated carbocycles. The molecule has 1 rings (SSSR count). The van der Waals surface area contributed by atoms with E-state index in [9.17, 15) is 0 Å². The van der Waals surface area contributed by atoms with Crippen LogP contribution in [-0.4, -0.2) is 6.61 Å². The smallest absolute Gasteiger partial charge is 0.0767 e. The molecule has 1 fully saturated rings. The van der Waals surface area contributed by atoms with Crippen molar-refractivity contribution in [3.05, 3.63) is 5.75 Å². The third-order valence-electron chi connectivity index (χ3n) is 0.272. The van der Waals surface area contributed by atoms with Crippen molar-refractivity contribution in [2.75, 3.05) is 6.61 Å². The van der Waals surface area contributed by atoms with Crippen LogP contribution in [-0.2, 0) is 4.18 Å². The summed E-state index contributed by atoms with van der Waals surface area (Å²) in [5.41, 5.74) is 0. The Balaban J connectivity index is 2.00. The number of hydrogen-bond acceptors (Lipinski definition) is 2. The Kier molecular flexibility index (Phi) is 0.604. The van der Waals surface area contributed by atoms with Gasteiger partial charge in [0.1, 0.15) is 0 Å². The fourth-order valence-electron chi connectivity index (χ4n) is 0.0680. The molecule has 1 nitrogen and oxygen atoms in total. The molecule has 1 radical (unpaired) electrons. The first kappa shape index (κ1) is 2.54. The first-order chi connectivity index (χ1) is 2.00. The van der Waals surface area contributed by atoms with Crippen LogP contribution >= 0.6 is 12.0 Å². The summed E-state index contributed by atoms with van der Waals surface area (Å²) in [6.45, 7) is 0.838. The van der Waals surface area contributed by atoms with Crippen LogP contribution in [0.4, 0.5) is 0 Å². The largest absolute Gasteiger partial charge is 0.314 e. The molecule has 0 amide bonds. The maximum absolute atomic E-state index is 4.58. The third-order valence-corrected chi connectivity index (χ3v) is 0.816. The van der Waals surface area contributed by atoms with E-state index in [-0.39, 0.29) is 0 Å². The molecule has 2 heteroatoms. The van der Waals surface area contributed by atoms with Crippen LogP contribution in [0.1, 0.15) is 0 Å². The summed E-state index contributed by atoms with van der Waals surface area (Å²) >= 11 is 1.41. The van der Waals surface area contributed by atoms with E-state index in [1.165, 1.54) is 12.0 Å². The van der Waals surface area contributed by atoms with Crippen molar-refractivity contribution in [3.8, 4) is 0 Å². The zero-order valence-corrected chi connectivity index (χ0v) is 2.92. The lowest BCUT2D eigenvalue weighted by Crippen LogP contribution is -1.93. The van der Waals surface area contributed by atoms with Gasteiger partial charge in [-0.3, -0.25) is 0 Å². The third kappa shape index (κ3) is 0.213. The molecule has 0 aromatic heterocycles. The van der Waals surface area contributed by atoms with Gasteiger partial charge in [-0.1, -0.05) is 0 Å². The average Bonchev–Trinajstić information content (AvgIpc) is 0.722. The summed E-state index contributed by atoms with van der Waals surface area (Å²) in [6.07, 6.45) is 0. The Bertz CT molecular complexity index is 14.0. The molecule has 0 bridgehead atoms. The van der Waals surface area contributed by atoms with Crippen molar-refractivity contribution in [1.82, 2.24) is 0 Å². The zero-order chi connectivity index (χ0) is 2.83. The highest BCUT2D eigenvalue weighted by Crippen LogP contribution is 2.17. The summed E-state index contributed by atoms with van der Waals surface area (Å²) in [5.74, 6) is 2.00. The second-order valence-corrected chi connectivity index (χ2v) is 1.31. The Morgan fingerprint density at radius 1 is 2.00 bits per heavy atom. The highest BCUT2D eigenvalue weighted by Gasteiger charge is 1.97. The van der Waals surface area contributed by atoms with Gasteiger partial charge in [-0.05, 0) is 12.0 Å². The minimum Gasteiger partial charge on any atom is -0.314 e. The van der Waals surface area contributed by atoms with Crippen molar-refractivity contribution in [2.45, 2.75) is 0 Å². The fraction of sp³-hybridized carbons (Fsp3) is 0.500. The van der Waals surface area contributed by atoms with Crippen molar-refractivity contribution < 1.29 is 4.18 Å². The van der Waals surface area contributed by atoms with E-state index in [0.717, 1.165) is 6.61 Å². The Morgan fingerprint density at radius 2 is 2.25 bits per heavy atom. The van der Waals surface area contributed by atoms with Crippen LogP contribution in [0.15, 0.2) is 0 Å². The van der Waals surface area contributed by atoms with Gasteiger partial charge < -0.3 is 4.18 Å². The van der Waals surface area contributed by atoms with E-state index in [0.29, 0.717) is 0 Å². The van der Waals surface area contributed by atoms with E-state index in [2.05, 4.69) is 4.18 Å². The van der Waals surface area contributed by atoms with Crippen molar-refractivity contribution in [2.24, 2.45) is 0 Å². The van der Waals surface area contributed by atoms with Crippen molar-refractivity contribution in [1.29, 1.82) is 0 Å². The van der Waals surface area contributed by atoms with E-state index < -0.39 is 0 Å². The van der Waals surface area contributed by atoms with Crippen LogP contribution in [0.2, 0.25) is 0 Å². The minimum atomic E-state index is 0.838. The molecule has 0 aromatic carbocycles. The standard InChI is InChI=1S/C2H3OS/c1-2-4-3-1/h2H,1H2. The Labute approximate surface area is 29.5 Å². The number of hydrogen-bond donors (Lipinski definition) is 0. The molecule has 0 spiro atoms. The molecular weight excluding hydrogens is 72.1 g/mol. The minimum absolute atomic E-state index is 0.838. The van der Waals surface area contributed by atoms with Crippen LogP contribution in [0.5, 0.6) is 0 Å². The highest BCUT2D eigenvalue weighted by molar-refractivity contribution is 7.97. The molecular formula is C2H3OS. The molecule has 0 aromatic rings. The van der Waals surface area contributed by atoms with Crippen molar-refractivity contribution >= 4 is 12.0 Å². The quantitative estimate of drug-likeness (QED) is 0.394. The highest BCUT2D eigenvalue weighted by atomic mass is 32.2. The second kappa shape index (κ2) is 0.951. The van der Waals surface area contributed by atoms with Gasteiger partial charge >= 0.3 is 0 Å². The van der Waals surface area contributed by atoms with E-state index >= 15 is 0 Å². The molecule has 1 aliphatic heterocycles. The lowest BCUT2D eigenvalue weighted by molar-refractivity contribution is 0.387. The molecule has 1 heterocycles. The zero-order valence-electron chi connectivity index (χ0n) is 2.10. The summed E-state index contributed by atoms with van der Waals surface area (Å²) in [4.78, 5) is 0. The van der Waals surface area contributed by atoms with Gasteiger partial charge in [-0.2, -0.15) is 0 Å². The van der Waals surface area contributed by atoms with E-state index in [4.69, 9.17) is 0 Å². The lowest BCUT2D eigenvalue weighted by atomic mass is 10.9. The lowest BCUT2D eigenvalue weighted by Gasteiger charge is -2.05. The number of rotatable bonds is 0. The van der Waals surface area contributed by atoms with Crippen LogP contribution < -0.4 is 0 Å². The monoisotopic (exact) mass is 75.0 g/mol. The first-order valence-electron chi connectivity index (χ1n) is 1.10.